The van der Waals surface area contributed by atoms with Crippen LogP contribution in [0.5, 0.6) is 5.75 Å². The second kappa shape index (κ2) is 7.31. The van der Waals surface area contributed by atoms with Crippen LogP contribution >= 0.6 is 0 Å². The third kappa shape index (κ3) is 3.71. The number of carbonyl (C=O) groups excluding carboxylic acids is 2. The third-order valence-corrected chi connectivity index (χ3v) is 4.99. The average molecular weight is 348 g/mol. The Morgan fingerprint density at radius 2 is 2.04 bits per heavy atom. The maximum absolute atomic E-state index is 11.8. The highest BCUT2D eigenvalue weighted by atomic mass is 16.6. The third-order valence-electron chi connectivity index (χ3n) is 4.99. The first-order valence-corrected chi connectivity index (χ1v) is 8.51. The molecule has 1 unspecified atom stereocenters. The summed E-state index contributed by atoms with van der Waals surface area (Å²) in [6, 6.07) is 7.69. The van der Waals surface area contributed by atoms with Crippen LogP contribution in [-0.2, 0) is 20.8 Å². The summed E-state index contributed by atoms with van der Waals surface area (Å²) < 4.78 is 15.2. The van der Waals surface area contributed by atoms with E-state index in [0.717, 1.165) is 31.6 Å². The Balaban J connectivity index is 1.57. The van der Waals surface area contributed by atoms with Crippen molar-refractivity contribution in [2.45, 2.75) is 25.4 Å². The van der Waals surface area contributed by atoms with Crippen LogP contribution in [0.3, 0.4) is 0 Å². The van der Waals surface area contributed by atoms with Gasteiger partial charge in [-0.1, -0.05) is 19.1 Å². The standard InChI is InChI=1S/C18H24N2O5/c1-3-18-12-19(8-9-20(18)17(22)25-13-18)10-14-4-6-15(7-5-14)24-11-16(21)23-2/h4-7H,3,8-13H2,1-2H3. The number of cyclic esters (lactones) is 1. The molecule has 1 amide bonds. The van der Waals surface area contributed by atoms with Gasteiger partial charge < -0.3 is 14.2 Å². The highest BCUT2D eigenvalue weighted by Crippen LogP contribution is 2.32. The van der Waals surface area contributed by atoms with Crippen LogP contribution in [0.1, 0.15) is 18.9 Å². The molecule has 0 aromatic heterocycles. The van der Waals surface area contributed by atoms with Gasteiger partial charge in [0.05, 0.1) is 12.6 Å². The zero-order valence-electron chi connectivity index (χ0n) is 14.7. The maximum Gasteiger partial charge on any atom is 0.410 e. The number of ether oxygens (including phenoxy) is 3. The number of carbonyl (C=O) groups is 2. The van der Waals surface area contributed by atoms with E-state index in [9.17, 15) is 9.59 Å². The highest BCUT2D eigenvalue weighted by Gasteiger charge is 2.49. The molecule has 2 fully saturated rings. The van der Waals surface area contributed by atoms with Crippen molar-refractivity contribution >= 4 is 12.1 Å². The smallest absolute Gasteiger partial charge is 0.410 e. The van der Waals surface area contributed by atoms with Crippen molar-refractivity contribution in [2.75, 3.05) is 40.0 Å². The Morgan fingerprint density at radius 3 is 2.72 bits per heavy atom. The van der Waals surface area contributed by atoms with Gasteiger partial charge in [0, 0.05) is 26.2 Å². The molecule has 1 aromatic rings. The largest absolute Gasteiger partial charge is 0.482 e. The predicted molar refractivity (Wildman–Crippen MR) is 90.3 cm³/mol. The van der Waals surface area contributed by atoms with Gasteiger partial charge in [0.1, 0.15) is 12.4 Å². The molecule has 7 heteroatoms. The number of benzene rings is 1. The van der Waals surface area contributed by atoms with Gasteiger partial charge in [-0.25, -0.2) is 9.59 Å². The van der Waals surface area contributed by atoms with Gasteiger partial charge in [-0.3, -0.25) is 9.80 Å². The van der Waals surface area contributed by atoms with E-state index in [1.54, 1.807) is 0 Å². The van der Waals surface area contributed by atoms with Gasteiger partial charge in [0.25, 0.3) is 0 Å². The molecule has 0 aliphatic carbocycles. The molecule has 3 rings (SSSR count). The van der Waals surface area contributed by atoms with Gasteiger partial charge in [-0.15, -0.1) is 0 Å². The molecule has 1 atom stereocenters. The zero-order valence-corrected chi connectivity index (χ0v) is 14.7. The van der Waals surface area contributed by atoms with Crippen molar-refractivity contribution in [2.24, 2.45) is 0 Å². The molecule has 0 radical (unpaired) electrons. The fourth-order valence-electron chi connectivity index (χ4n) is 3.43. The molecule has 0 bridgehead atoms. The topological polar surface area (TPSA) is 68.3 Å². The molecule has 2 aliphatic heterocycles. The van der Waals surface area contributed by atoms with Gasteiger partial charge in [-0.05, 0) is 24.1 Å². The van der Waals surface area contributed by atoms with E-state index in [-0.39, 0.29) is 18.2 Å². The Kier molecular flexibility index (Phi) is 5.13. The van der Waals surface area contributed by atoms with Crippen molar-refractivity contribution in [3.63, 3.8) is 0 Å². The van der Waals surface area contributed by atoms with E-state index in [4.69, 9.17) is 9.47 Å². The Morgan fingerprint density at radius 1 is 1.28 bits per heavy atom. The summed E-state index contributed by atoms with van der Waals surface area (Å²) in [6.45, 7) is 5.64. The molecule has 25 heavy (non-hydrogen) atoms. The lowest BCUT2D eigenvalue weighted by Crippen LogP contribution is -2.60. The second-order valence-corrected chi connectivity index (χ2v) is 6.50. The molecular weight excluding hydrogens is 324 g/mol. The number of rotatable bonds is 6. The van der Waals surface area contributed by atoms with Gasteiger partial charge in [0.2, 0.25) is 0 Å². The molecule has 2 saturated heterocycles. The zero-order chi connectivity index (χ0) is 17.9. The molecule has 0 spiro atoms. The quantitative estimate of drug-likeness (QED) is 0.728. The van der Waals surface area contributed by atoms with E-state index in [1.165, 1.54) is 7.11 Å². The number of methoxy groups -OCH3 is 1. The normalized spacial score (nSPS) is 23.1. The van der Waals surface area contributed by atoms with Crippen LogP contribution in [0.15, 0.2) is 24.3 Å². The molecule has 136 valence electrons. The predicted octanol–water partition coefficient (Wildman–Crippen LogP) is 1.65. The van der Waals surface area contributed by atoms with Crippen LogP contribution in [0.4, 0.5) is 4.79 Å². The first kappa shape index (κ1) is 17.5. The summed E-state index contributed by atoms with van der Waals surface area (Å²) in [5.74, 6) is 0.235. The monoisotopic (exact) mass is 348 g/mol. The first-order chi connectivity index (χ1) is 12.1. The van der Waals surface area contributed by atoms with E-state index >= 15 is 0 Å². The molecule has 2 aliphatic rings. The molecule has 0 N–H and O–H groups in total. The summed E-state index contributed by atoms with van der Waals surface area (Å²) in [7, 11) is 1.33. The van der Waals surface area contributed by atoms with E-state index in [0.29, 0.717) is 18.9 Å². The first-order valence-electron chi connectivity index (χ1n) is 8.51. The Hall–Kier alpha value is -2.28. The molecule has 1 aromatic carbocycles. The van der Waals surface area contributed by atoms with Gasteiger partial charge in [0.15, 0.2) is 6.61 Å². The fourth-order valence-corrected chi connectivity index (χ4v) is 3.43. The van der Waals surface area contributed by atoms with Crippen molar-refractivity contribution in [1.29, 1.82) is 0 Å². The molecule has 0 saturated carbocycles. The van der Waals surface area contributed by atoms with Gasteiger partial charge in [-0.2, -0.15) is 0 Å². The highest BCUT2D eigenvalue weighted by molar-refractivity contribution is 5.71. The number of piperazine rings is 1. The van der Waals surface area contributed by atoms with Crippen molar-refractivity contribution in [3.8, 4) is 5.75 Å². The maximum atomic E-state index is 11.8. The summed E-state index contributed by atoms with van der Waals surface area (Å²) in [5.41, 5.74) is 0.967. The number of amides is 1. The average Bonchev–Trinajstić information content (AvgIpc) is 2.97. The van der Waals surface area contributed by atoms with Crippen LogP contribution in [0, 0.1) is 0 Å². The lowest BCUT2D eigenvalue weighted by atomic mass is 9.92. The van der Waals surface area contributed by atoms with Crippen LogP contribution < -0.4 is 4.74 Å². The summed E-state index contributed by atoms with van der Waals surface area (Å²) in [5, 5.41) is 0. The second-order valence-electron chi connectivity index (χ2n) is 6.50. The lowest BCUT2D eigenvalue weighted by Gasteiger charge is -2.44. The number of fused-ring (bicyclic) bond motifs is 1. The molecular formula is C18H24N2O5. The van der Waals surface area contributed by atoms with Crippen molar-refractivity contribution in [3.05, 3.63) is 29.8 Å². The number of hydrogen-bond acceptors (Lipinski definition) is 6. The SMILES string of the molecule is CCC12COC(=O)N1CCN(Cc1ccc(OCC(=O)OC)cc1)C2. The molecule has 7 nitrogen and oxygen atoms in total. The minimum Gasteiger partial charge on any atom is -0.482 e. The number of nitrogens with zero attached hydrogens (tertiary/aromatic N) is 2. The molecule has 2 heterocycles. The summed E-state index contributed by atoms with van der Waals surface area (Å²) >= 11 is 0. The van der Waals surface area contributed by atoms with Crippen molar-refractivity contribution < 1.29 is 23.8 Å². The minimum atomic E-state index is -0.403. The van der Waals surface area contributed by atoms with Crippen LogP contribution in [0.25, 0.3) is 0 Å². The lowest BCUT2D eigenvalue weighted by molar-refractivity contribution is -0.142. The van der Waals surface area contributed by atoms with E-state index in [2.05, 4.69) is 16.6 Å². The minimum absolute atomic E-state index is 0.0924. The number of esters is 1. The number of hydrogen-bond donors (Lipinski definition) is 0. The van der Waals surface area contributed by atoms with E-state index in [1.807, 2.05) is 29.2 Å². The van der Waals surface area contributed by atoms with E-state index < -0.39 is 5.97 Å². The Labute approximate surface area is 147 Å². The Bertz CT molecular complexity index is 633. The summed E-state index contributed by atoms with van der Waals surface area (Å²) in [6.07, 6.45) is 0.698. The van der Waals surface area contributed by atoms with Crippen LogP contribution in [-0.4, -0.2) is 67.4 Å². The summed E-state index contributed by atoms with van der Waals surface area (Å²) in [4.78, 5) is 27.2. The van der Waals surface area contributed by atoms with Gasteiger partial charge >= 0.3 is 12.1 Å². The van der Waals surface area contributed by atoms with Crippen molar-refractivity contribution in [1.82, 2.24) is 9.80 Å². The fraction of sp³-hybridized carbons (Fsp3) is 0.556. The van der Waals surface area contributed by atoms with Crippen LogP contribution in [0.2, 0.25) is 0 Å².